The fourth-order valence-electron chi connectivity index (χ4n) is 8.52. The van der Waals surface area contributed by atoms with Crippen LogP contribution in [0.1, 0.15) is 113 Å². The van der Waals surface area contributed by atoms with Gasteiger partial charge in [0.25, 0.3) is 0 Å². The molecule has 3 aliphatic rings. The molecule has 6 nitrogen and oxygen atoms in total. The van der Waals surface area contributed by atoms with Crippen molar-refractivity contribution in [2.24, 2.45) is 17.3 Å². The first kappa shape index (κ1) is 35.3. The van der Waals surface area contributed by atoms with Crippen LogP contribution in [-0.2, 0) is 17.6 Å². The molecule has 5 atom stereocenters. The van der Waals surface area contributed by atoms with E-state index in [1.807, 2.05) is 20.8 Å². The van der Waals surface area contributed by atoms with Gasteiger partial charge in [-0.05, 0) is 134 Å². The molecule has 0 radical (unpaired) electrons. The van der Waals surface area contributed by atoms with Gasteiger partial charge in [0.15, 0.2) is 0 Å². The predicted molar refractivity (Wildman–Crippen MR) is 191 cm³/mol. The van der Waals surface area contributed by atoms with Gasteiger partial charge < -0.3 is 30.3 Å². The average Bonchev–Trinajstić information content (AvgIpc) is 3.01. The second-order valence-electron chi connectivity index (χ2n) is 14.8. The van der Waals surface area contributed by atoms with Gasteiger partial charge in [-0.2, -0.15) is 0 Å². The Morgan fingerprint density at radius 3 is 2.35 bits per heavy atom. The quantitative estimate of drug-likeness (QED) is 0.125. The number of allylic oxidation sites excluding steroid dienone is 8. The Balaban J connectivity index is 1.65. The van der Waals surface area contributed by atoms with Crippen molar-refractivity contribution in [2.45, 2.75) is 104 Å². The summed E-state index contributed by atoms with van der Waals surface area (Å²) in [4.78, 5) is 13.6. The van der Waals surface area contributed by atoms with Crippen molar-refractivity contribution in [2.75, 3.05) is 0 Å². The summed E-state index contributed by atoms with van der Waals surface area (Å²) in [5.74, 6) is -0.159. The third-order valence-electron chi connectivity index (χ3n) is 11.2. The van der Waals surface area contributed by atoms with E-state index in [-0.39, 0.29) is 40.8 Å². The molecule has 2 aromatic rings. The molecule has 0 aliphatic heterocycles. The number of hydrogen-bond donors (Lipinski definition) is 5. The molecular formula is C42H52O6. The van der Waals surface area contributed by atoms with Crippen LogP contribution in [0.25, 0.3) is 0 Å². The van der Waals surface area contributed by atoms with Crippen molar-refractivity contribution in [1.82, 2.24) is 0 Å². The molecule has 48 heavy (non-hydrogen) atoms. The topological polar surface area (TPSA) is 118 Å². The standard InChI is InChI=1S/C42H52O6/c1-25(2)34-12-11-26(3)9-7-15-42(24-43)31-16-28(5)18-39(47)40-36(37(45)13-14-38(40)46)17-27(4)8-6-10-29(19-31)20-32(42)21-30-22-33(44)23-35(34)41(30)48/h8-9,13-14,18-19,22-24,31-32,34,39,44-48H,1,6-7,10-12,15-17,20-21H2,2-5H3. The zero-order chi connectivity index (χ0) is 34.7. The molecule has 0 spiro atoms. The number of aldehydes is 1. The highest BCUT2D eigenvalue weighted by Crippen LogP contribution is 2.53. The first-order valence-corrected chi connectivity index (χ1v) is 17.4. The molecule has 0 heterocycles. The highest BCUT2D eigenvalue weighted by Gasteiger charge is 2.47. The summed E-state index contributed by atoms with van der Waals surface area (Å²) in [5, 5.41) is 55.7. The van der Waals surface area contributed by atoms with Crippen LogP contribution in [0.15, 0.2) is 83.0 Å². The lowest BCUT2D eigenvalue weighted by molar-refractivity contribution is -0.123. The lowest BCUT2D eigenvalue weighted by Gasteiger charge is -2.46. The third kappa shape index (κ3) is 7.34. The highest BCUT2D eigenvalue weighted by atomic mass is 16.3. The normalized spacial score (nSPS) is 27.1. The van der Waals surface area contributed by atoms with Gasteiger partial charge in [-0.15, -0.1) is 0 Å². The average molecular weight is 653 g/mol. The van der Waals surface area contributed by atoms with Crippen LogP contribution in [0, 0.1) is 17.3 Å². The smallest absolute Gasteiger partial charge is 0.127 e. The number of carbonyl (C=O) groups excluding carboxylic acids is 1. The Morgan fingerprint density at radius 2 is 1.62 bits per heavy atom. The van der Waals surface area contributed by atoms with E-state index in [9.17, 15) is 30.3 Å². The monoisotopic (exact) mass is 652 g/mol. The van der Waals surface area contributed by atoms with E-state index >= 15 is 0 Å². The van der Waals surface area contributed by atoms with Crippen molar-refractivity contribution in [3.05, 3.63) is 105 Å². The van der Waals surface area contributed by atoms with E-state index in [4.69, 9.17) is 0 Å². The van der Waals surface area contributed by atoms with Gasteiger partial charge in [0.1, 0.15) is 35.4 Å². The number of phenolic OH excluding ortho intramolecular Hbond substituents is 4. The summed E-state index contributed by atoms with van der Waals surface area (Å²) in [5.41, 5.74) is 6.69. The van der Waals surface area contributed by atoms with Crippen molar-refractivity contribution >= 4 is 6.29 Å². The summed E-state index contributed by atoms with van der Waals surface area (Å²) in [7, 11) is 0. The molecule has 3 aliphatic carbocycles. The molecule has 4 bridgehead atoms. The molecule has 0 aromatic heterocycles. The van der Waals surface area contributed by atoms with Gasteiger partial charge >= 0.3 is 0 Å². The second-order valence-corrected chi connectivity index (χ2v) is 14.8. The molecule has 5 N–H and O–H groups in total. The van der Waals surface area contributed by atoms with E-state index in [2.05, 4.69) is 31.7 Å². The van der Waals surface area contributed by atoms with Crippen LogP contribution in [0.2, 0.25) is 0 Å². The van der Waals surface area contributed by atoms with E-state index in [1.54, 1.807) is 18.2 Å². The van der Waals surface area contributed by atoms with Gasteiger partial charge in [-0.1, -0.05) is 58.7 Å². The Labute approximate surface area is 285 Å². The van der Waals surface area contributed by atoms with E-state index in [0.717, 1.165) is 55.1 Å². The minimum atomic E-state index is -1.15. The number of hydrogen-bond acceptors (Lipinski definition) is 6. The maximum atomic E-state index is 13.6. The van der Waals surface area contributed by atoms with Crippen molar-refractivity contribution in [3.63, 3.8) is 0 Å². The number of phenols is 4. The fourth-order valence-corrected chi connectivity index (χ4v) is 8.52. The number of rotatable bonds is 2. The predicted octanol–water partition coefficient (Wildman–Crippen LogP) is 9.33. The maximum absolute atomic E-state index is 13.6. The van der Waals surface area contributed by atoms with Gasteiger partial charge in [0.05, 0.1) is 0 Å². The molecule has 0 fully saturated rings. The number of fused-ring (bicyclic) bond motifs is 6. The first-order chi connectivity index (χ1) is 22.8. The molecular weight excluding hydrogens is 600 g/mol. The van der Waals surface area contributed by atoms with Crippen molar-refractivity contribution < 1.29 is 30.3 Å². The number of carbonyl (C=O) groups is 1. The van der Waals surface area contributed by atoms with Gasteiger partial charge in [-0.25, -0.2) is 0 Å². The fraction of sp³-hybridized carbons (Fsp3) is 0.452. The van der Waals surface area contributed by atoms with E-state index < -0.39 is 11.5 Å². The zero-order valence-corrected chi connectivity index (χ0v) is 28.9. The Hall–Kier alpha value is -4.03. The molecule has 0 saturated heterocycles. The number of aliphatic hydroxyl groups excluding tert-OH is 1. The molecule has 5 rings (SSSR count). The lowest BCUT2D eigenvalue weighted by atomic mass is 9.56. The largest absolute Gasteiger partial charge is 0.508 e. The lowest BCUT2D eigenvalue weighted by Crippen LogP contribution is -2.43. The molecule has 6 heteroatoms. The second kappa shape index (κ2) is 14.6. The SMILES string of the molecule is C=C(C)C1CCC(C)=CCCC2(C=O)C3C=C(CCC=C(C)Cc4c(O)ccc(O)c4C(O)C=C(C)C3)CC2Cc2cc(O)cc1c2O. The summed E-state index contributed by atoms with van der Waals surface area (Å²) >= 11 is 0. The van der Waals surface area contributed by atoms with Crippen LogP contribution in [0.4, 0.5) is 0 Å². The van der Waals surface area contributed by atoms with Gasteiger partial charge in [-0.3, -0.25) is 0 Å². The molecule has 5 unspecified atom stereocenters. The van der Waals surface area contributed by atoms with Crippen LogP contribution < -0.4 is 0 Å². The molecule has 0 amide bonds. The first-order valence-electron chi connectivity index (χ1n) is 17.4. The Bertz CT molecular complexity index is 1690. The zero-order valence-electron chi connectivity index (χ0n) is 28.9. The van der Waals surface area contributed by atoms with E-state index in [1.165, 1.54) is 23.3 Å². The van der Waals surface area contributed by atoms with Crippen LogP contribution in [-0.4, -0.2) is 31.8 Å². The summed E-state index contributed by atoms with van der Waals surface area (Å²) in [6, 6.07) is 6.19. The molecule has 256 valence electrons. The maximum Gasteiger partial charge on any atom is 0.127 e. The van der Waals surface area contributed by atoms with Gasteiger partial charge in [0, 0.05) is 28.0 Å². The summed E-state index contributed by atoms with van der Waals surface area (Å²) in [6.07, 6.45) is 15.0. The van der Waals surface area contributed by atoms with Crippen LogP contribution in [0.5, 0.6) is 23.0 Å². The highest BCUT2D eigenvalue weighted by molar-refractivity contribution is 5.63. The van der Waals surface area contributed by atoms with Crippen LogP contribution >= 0.6 is 0 Å². The minimum Gasteiger partial charge on any atom is -0.508 e. The summed E-state index contributed by atoms with van der Waals surface area (Å²) in [6.45, 7) is 12.2. The number of aliphatic hydroxyl groups is 1. The number of benzene rings is 2. The minimum absolute atomic E-state index is 0.0374. The third-order valence-corrected chi connectivity index (χ3v) is 11.2. The molecule has 0 saturated carbocycles. The summed E-state index contributed by atoms with van der Waals surface area (Å²) < 4.78 is 0. The van der Waals surface area contributed by atoms with Gasteiger partial charge in [0.2, 0.25) is 0 Å². The Morgan fingerprint density at radius 1 is 0.896 bits per heavy atom. The molecule has 2 aromatic carbocycles. The van der Waals surface area contributed by atoms with Crippen LogP contribution in [0.3, 0.4) is 0 Å². The van der Waals surface area contributed by atoms with Crippen molar-refractivity contribution in [1.29, 1.82) is 0 Å². The Kier molecular flexibility index (Phi) is 10.7. The van der Waals surface area contributed by atoms with E-state index in [0.29, 0.717) is 54.4 Å². The number of aromatic hydroxyl groups is 4. The van der Waals surface area contributed by atoms with Crippen molar-refractivity contribution in [3.8, 4) is 23.0 Å².